The van der Waals surface area contributed by atoms with E-state index in [0.29, 0.717) is 19.3 Å². The highest BCUT2D eigenvalue weighted by atomic mass is 16.3. The summed E-state index contributed by atoms with van der Waals surface area (Å²) in [5, 5.41) is 12.3. The van der Waals surface area contributed by atoms with E-state index in [0.717, 1.165) is 11.1 Å². The van der Waals surface area contributed by atoms with E-state index in [1.807, 2.05) is 42.5 Å². The Hall–Kier alpha value is -2.20. The number of carbonyl (C=O) groups is 1. The van der Waals surface area contributed by atoms with Crippen LogP contribution in [0.25, 0.3) is 0 Å². The summed E-state index contributed by atoms with van der Waals surface area (Å²) in [6, 6.07) is 13.4. The number of hydrogen-bond acceptors (Lipinski definition) is 3. The van der Waals surface area contributed by atoms with E-state index < -0.39 is 0 Å². The number of aliphatic hydroxyl groups excluding tert-OH is 1. The summed E-state index contributed by atoms with van der Waals surface area (Å²) < 4.78 is 0. The summed E-state index contributed by atoms with van der Waals surface area (Å²) in [5.41, 5.74) is 2.19. The second-order valence-corrected chi connectivity index (χ2v) is 4.99. The van der Waals surface area contributed by atoms with Crippen LogP contribution in [0.3, 0.4) is 0 Å². The van der Waals surface area contributed by atoms with Crippen molar-refractivity contribution in [3.05, 3.63) is 66.0 Å². The lowest BCUT2D eigenvalue weighted by molar-refractivity contribution is -0.122. The maximum atomic E-state index is 11.9. The van der Waals surface area contributed by atoms with Gasteiger partial charge < -0.3 is 10.4 Å². The van der Waals surface area contributed by atoms with E-state index in [1.54, 1.807) is 12.4 Å². The number of rotatable bonds is 7. The molecule has 1 amide bonds. The van der Waals surface area contributed by atoms with Crippen molar-refractivity contribution in [2.75, 3.05) is 6.61 Å². The average Bonchev–Trinajstić information content (AvgIpc) is 2.54. The number of nitrogens with one attached hydrogen (secondary N) is 1. The zero-order valence-electron chi connectivity index (χ0n) is 11.9. The van der Waals surface area contributed by atoms with Crippen LogP contribution in [0.1, 0.15) is 17.5 Å². The molecule has 0 bridgehead atoms. The van der Waals surface area contributed by atoms with Crippen LogP contribution in [-0.4, -0.2) is 28.6 Å². The first-order valence-electron chi connectivity index (χ1n) is 7.11. The van der Waals surface area contributed by atoms with Gasteiger partial charge in [0.1, 0.15) is 0 Å². The second kappa shape index (κ2) is 8.17. The molecule has 0 saturated carbocycles. The Labute approximate surface area is 124 Å². The summed E-state index contributed by atoms with van der Waals surface area (Å²) in [6.45, 7) is -0.0596. The fraction of sp³-hybridized carbons (Fsp3) is 0.294. The monoisotopic (exact) mass is 284 g/mol. The average molecular weight is 284 g/mol. The van der Waals surface area contributed by atoms with Gasteiger partial charge in [-0.2, -0.15) is 0 Å². The van der Waals surface area contributed by atoms with Crippen LogP contribution in [-0.2, 0) is 17.6 Å². The lowest BCUT2D eigenvalue weighted by Crippen LogP contribution is -2.39. The van der Waals surface area contributed by atoms with E-state index in [-0.39, 0.29) is 18.6 Å². The molecule has 0 fully saturated rings. The molecular weight excluding hydrogens is 264 g/mol. The molecule has 0 aliphatic carbocycles. The number of hydrogen-bond donors (Lipinski definition) is 2. The van der Waals surface area contributed by atoms with Crippen molar-refractivity contribution in [1.82, 2.24) is 10.3 Å². The Balaban J connectivity index is 1.80. The summed E-state index contributed by atoms with van der Waals surface area (Å²) >= 11 is 0. The molecule has 2 rings (SSSR count). The number of amides is 1. The molecule has 0 aliphatic rings. The van der Waals surface area contributed by atoms with Gasteiger partial charge >= 0.3 is 0 Å². The van der Waals surface area contributed by atoms with Crippen molar-refractivity contribution >= 4 is 5.91 Å². The van der Waals surface area contributed by atoms with Gasteiger partial charge in [0.05, 0.1) is 12.6 Å². The zero-order chi connectivity index (χ0) is 14.9. The van der Waals surface area contributed by atoms with E-state index >= 15 is 0 Å². The van der Waals surface area contributed by atoms with Crippen LogP contribution < -0.4 is 5.32 Å². The Bertz CT molecular complexity index is 543. The molecule has 0 spiro atoms. The number of benzene rings is 1. The summed E-state index contributed by atoms with van der Waals surface area (Å²) in [6.07, 6.45) is 5.17. The van der Waals surface area contributed by atoms with E-state index in [4.69, 9.17) is 0 Å². The van der Waals surface area contributed by atoms with Crippen molar-refractivity contribution in [3.63, 3.8) is 0 Å². The van der Waals surface area contributed by atoms with Crippen molar-refractivity contribution in [2.24, 2.45) is 0 Å². The Morgan fingerprint density at radius 3 is 2.48 bits per heavy atom. The SMILES string of the molecule is O=C(CCc1ccncc1)N[C@H](CO)Cc1ccccc1. The molecule has 2 N–H and O–H groups in total. The lowest BCUT2D eigenvalue weighted by atomic mass is 10.1. The topological polar surface area (TPSA) is 62.2 Å². The van der Waals surface area contributed by atoms with Crippen LogP contribution in [0.15, 0.2) is 54.9 Å². The number of aliphatic hydroxyl groups is 1. The Morgan fingerprint density at radius 2 is 1.81 bits per heavy atom. The van der Waals surface area contributed by atoms with Crippen molar-refractivity contribution in [3.8, 4) is 0 Å². The van der Waals surface area contributed by atoms with Crippen LogP contribution in [0, 0.1) is 0 Å². The molecule has 0 unspecified atom stereocenters. The quantitative estimate of drug-likeness (QED) is 0.814. The molecule has 0 saturated heterocycles. The largest absolute Gasteiger partial charge is 0.394 e. The summed E-state index contributed by atoms with van der Waals surface area (Å²) in [5.74, 6) is -0.0400. The van der Waals surface area contributed by atoms with Crippen LogP contribution in [0.2, 0.25) is 0 Å². The third-order valence-corrected chi connectivity index (χ3v) is 3.30. The van der Waals surface area contributed by atoms with Crippen molar-refractivity contribution < 1.29 is 9.90 Å². The molecule has 21 heavy (non-hydrogen) atoms. The number of aryl methyl sites for hydroxylation is 1. The third kappa shape index (κ3) is 5.36. The smallest absolute Gasteiger partial charge is 0.220 e. The van der Waals surface area contributed by atoms with Crippen molar-refractivity contribution in [1.29, 1.82) is 0 Å². The minimum Gasteiger partial charge on any atom is -0.394 e. The Morgan fingerprint density at radius 1 is 1.10 bits per heavy atom. The summed E-state index contributed by atoms with van der Waals surface area (Å²) in [7, 11) is 0. The highest BCUT2D eigenvalue weighted by Crippen LogP contribution is 2.04. The van der Waals surface area contributed by atoms with Gasteiger partial charge in [-0.15, -0.1) is 0 Å². The molecule has 4 heteroatoms. The van der Waals surface area contributed by atoms with Gasteiger partial charge in [-0.3, -0.25) is 9.78 Å². The lowest BCUT2D eigenvalue weighted by Gasteiger charge is -2.16. The highest BCUT2D eigenvalue weighted by molar-refractivity contribution is 5.76. The van der Waals surface area contributed by atoms with Crippen LogP contribution in [0.4, 0.5) is 0 Å². The van der Waals surface area contributed by atoms with Gasteiger partial charge in [0.25, 0.3) is 0 Å². The first-order chi connectivity index (χ1) is 10.3. The van der Waals surface area contributed by atoms with E-state index in [9.17, 15) is 9.90 Å². The van der Waals surface area contributed by atoms with Gasteiger partial charge in [-0.1, -0.05) is 30.3 Å². The molecule has 2 aromatic rings. The molecule has 1 atom stereocenters. The van der Waals surface area contributed by atoms with Crippen LogP contribution >= 0.6 is 0 Å². The standard InChI is InChI=1S/C17H20N2O2/c20-13-16(12-15-4-2-1-3-5-15)19-17(21)7-6-14-8-10-18-11-9-14/h1-5,8-11,16,20H,6-7,12-13H2,(H,19,21)/t16-/m0/s1. The van der Waals surface area contributed by atoms with E-state index in [2.05, 4.69) is 10.3 Å². The molecule has 110 valence electrons. The number of aromatic nitrogens is 1. The van der Waals surface area contributed by atoms with Crippen molar-refractivity contribution in [2.45, 2.75) is 25.3 Å². The fourth-order valence-electron chi connectivity index (χ4n) is 2.17. The predicted octanol–water partition coefficient (Wildman–Crippen LogP) is 1.73. The molecule has 4 nitrogen and oxygen atoms in total. The van der Waals surface area contributed by atoms with Gasteiger partial charge in [0, 0.05) is 18.8 Å². The molecular formula is C17H20N2O2. The summed E-state index contributed by atoms with van der Waals surface area (Å²) in [4.78, 5) is 15.9. The highest BCUT2D eigenvalue weighted by Gasteiger charge is 2.12. The van der Waals surface area contributed by atoms with Gasteiger partial charge in [0.2, 0.25) is 5.91 Å². The molecule has 1 aromatic heterocycles. The second-order valence-electron chi connectivity index (χ2n) is 4.99. The first-order valence-corrected chi connectivity index (χ1v) is 7.11. The maximum Gasteiger partial charge on any atom is 0.220 e. The first kappa shape index (κ1) is 15.2. The minimum atomic E-state index is -0.239. The molecule has 0 radical (unpaired) electrons. The van der Waals surface area contributed by atoms with Crippen LogP contribution in [0.5, 0.6) is 0 Å². The fourth-order valence-corrected chi connectivity index (χ4v) is 2.17. The molecule has 0 aliphatic heterocycles. The zero-order valence-corrected chi connectivity index (χ0v) is 11.9. The number of carbonyl (C=O) groups excluding carboxylic acids is 1. The number of nitrogens with zero attached hydrogens (tertiary/aromatic N) is 1. The molecule has 1 heterocycles. The maximum absolute atomic E-state index is 11.9. The molecule has 1 aromatic carbocycles. The minimum absolute atomic E-state index is 0.0400. The van der Waals surface area contributed by atoms with Gasteiger partial charge in [0.15, 0.2) is 0 Å². The normalized spacial score (nSPS) is 11.9. The predicted molar refractivity (Wildman–Crippen MR) is 81.7 cm³/mol. The number of pyridine rings is 1. The Kier molecular flexibility index (Phi) is 5.91. The van der Waals surface area contributed by atoms with Gasteiger partial charge in [-0.05, 0) is 36.1 Å². The van der Waals surface area contributed by atoms with E-state index in [1.165, 1.54) is 0 Å². The van der Waals surface area contributed by atoms with Gasteiger partial charge in [-0.25, -0.2) is 0 Å². The third-order valence-electron chi connectivity index (χ3n) is 3.30.